The lowest BCUT2D eigenvalue weighted by atomic mass is 9.95. The van der Waals surface area contributed by atoms with E-state index in [2.05, 4.69) is 4.99 Å². The molecule has 9 heteroatoms. The summed E-state index contributed by atoms with van der Waals surface area (Å²) in [5.74, 6) is 0.560. The summed E-state index contributed by atoms with van der Waals surface area (Å²) in [6, 6.07) is 8.54. The van der Waals surface area contributed by atoms with Crippen LogP contribution in [0.1, 0.15) is 30.3 Å². The summed E-state index contributed by atoms with van der Waals surface area (Å²) in [5, 5.41) is 1.96. The zero-order valence-electron chi connectivity index (χ0n) is 18.1. The van der Waals surface area contributed by atoms with Crippen molar-refractivity contribution in [2.75, 3.05) is 20.8 Å². The van der Waals surface area contributed by atoms with Gasteiger partial charge in [0.25, 0.3) is 5.56 Å². The highest BCUT2D eigenvalue weighted by molar-refractivity contribution is 7.11. The molecule has 166 valence electrons. The molecular weight excluding hydrogens is 448 g/mol. The Morgan fingerprint density at radius 3 is 2.66 bits per heavy atom. The first-order chi connectivity index (χ1) is 15.5. The molecule has 0 aliphatic carbocycles. The van der Waals surface area contributed by atoms with Gasteiger partial charge in [0.15, 0.2) is 16.3 Å². The minimum absolute atomic E-state index is 0.212. The normalized spacial score (nSPS) is 15.9. The Balaban J connectivity index is 1.98. The van der Waals surface area contributed by atoms with Gasteiger partial charge in [0.2, 0.25) is 0 Å². The number of ether oxygens (including phenoxy) is 3. The summed E-state index contributed by atoms with van der Waals surface area (Å²) < 4.78 is 18.2. The molecule has 0 amide bonds. The molecule has 0 unspecified atom stereocenters. The van der Waals surface area contributed by atoms with Crippen LogP contribution in [0.3, 0.4) is 0 Å². The van der Waals surface area contributed by atoms with Gasteiger partial charge in [0.05, 0.1) is 42.7 Å². The lowest BCUT2D eigenvalue weighted by Gasteiger charge is -2.25. The predicted molar refractivity (Wildman–Crippen MR) is 124 cm³/mol. The van der Waals surface area contributed by atoms with Crippen LogP contribution < -0.4 is 24.4 Å². The number of allylic oxidation sites excluding steroid dienone is 1. The van der Waals surface area contributed by atoms with Gasteiger partial charge < -0.3 is 14.2 Å². The number of benzene rings is 1. The molecule has 0 N–H and O–H groups in total. The molecule has 0 saturated heterocycles. The van der Waals surface area contributed by atoms with Crippen LogP contribution in [0, 0.1) is 0 Å². The number of esters is 1. The molecule has 1 aliphatic rings. The lowest BCUT2D eigenvalue weighted by molar-refractivity contribution is -0.139. The van der Waals surface area contributed by atoms with Gasteiger partial charge in [-0.2, -0.15) is 0 Å². The van der Waals surface area contributed by atoms with Gasteiger partial charge >= 0.3 is 5.97 Å². The standard InChI is InChI=1S/C23H22N2O5S2/c1-5-30-22(27)19-13(2)24-23-25(21(26)18(32-23)12-15-7-6-10-31-15)20(19)14-8-9-16(28-3)17(11-14)29-4/h6-12,20H,5H2,1-4H3/t20-/m0/s1. The monoisotopic (exact) mass is 470 g/mol. The van der Waals surface area contributed by atoms with Crippen molar-refractivity contribution in [3.05, 3.63) is 77.1 Å². The summed E-state index contributed by atoms with van der Waals surface area (Å²) in [7, 11) is 3.10. The fraction of sp³-hybridized carbons (Fsp3) is 0.261. The quantitative estimate of drug-likeness (QED) is 0.518. The van der Waals surface area contributed by atoms with Crippen LogP contribution >= 0.6 is 22.7 Å². The smallest absolute Gasteiger partial charge is 0.338 e. The zero-order valence-corrected chi connectivity index (χ0v) is 19.7. The average molecular weight is 471 g/mol. The van der Waals surface area contributed by atoms with Crippen molar-refractivity contribution in [1.29, 1.82) is 0 Å². The Kier molecular flexibility index (Phi) is 6.29. The van der Waals surface area contributed by atoms with E-state index in [1.807, 2.05) is 29.7 Å². The molecule has 3 aromatic rings. The number of thiazole rings is 1. The minimum atomic E-state index is -0.699. The second kappa shape index (κ2) is 9.13. The number of carbonyl (C=O) groups excluding carboxylic acids is 1. The first-order valence-corrected chi connectivity index (χ1v) is 11.6. The molecule has 2 aromatic heterocycles. The van der Waals surface area contributed by atoms with Crippen LogP contribution in [-0.4, -0.2) is 31.4 Å². The van der Waals surface area contributed by atoms with Gasteiger partial charge in [0, 0.05) is 4.88 Å². The Labute approximate surface area is 192 Å². The third-order valence-corrected chi connectivity index (χ3v) is 6.86. The third-order valence-electron chi connectivity index (χ3n) is 5.06. The number of hydrogen-bond donors (Lipinski definition) is 0. The molecule has 1 aliphatic heterocycles. The van der Waals surface area contributed by atoms with Crippen LogP contribution in [0.5, 0.6) is 11.5 Å². The Hall–Kier alpha value is -3.17. The maximum atomic E-state index is 13.5. The van der Waals surface area contributed by atoms with E-state index in [0.29, 0.717) is 37.7 Å². The molecule has 0 saturated carbocycles. The van der Waals surface area contributed by atoms with Crippen molar-refractivity contribution in [2.45, 2.75) is 19.9 Å². The fourth-order valence-corrected chi connectivity index (χ4v) is 5.40. The second-order valence-corrected chi connectivity index (χ2v) is 8.92. The number of fused-ring (bicyclic) bond motifs is 1. The number of carbonyl (C=O) groups is 1. The molecule has 7 nitrogen and oxygen atoms in total. The third kappa shape index (κ3) is 3.89. The van der Waals surface area contributed by atoms with Crippen molar-refractivity contribution in [3.63, 3.8) is 0 Å². The summed E-state index contributed by atoms with van der Waals surface area (Å²) in [4.78, 5) is 32.5. The van der Waals surface area contributed by atoms with Gasteiger partial charge in [0.1, 0.15) is 0 Å². The first kappa shape index (κ1) is 22.0. The number of nitrogens with zero attached hydrogens (tertiary/aromatic N) is 2. The second-order valence-electron chi connectivity index (χ2n) is 6.93. The maximum Gasteiger partial charge on any atom is 0.338 e. The maximum absolute atomic E-state index is 13.5. The van der Waals surface area contributed by atoms with Crippen molar-refractivity contribution in [1.82, 2.24) is 4.57 Å². The van der Waals surface area contributed by atoms with Crippen molar-refractivity contribution >= 4 is 34.7 Å². The van der Waals surface area contributed by atoms with E-state index in [1.54, 1.807) is 56.1 Å². The van der Waals surface area contributed by atoms with Gasteiger partial charge in [-0.05, 0) is 49.1 Å². The number of rotatable bonds is 6. The van der Waals surface area contributed by atoms with Crippen molar-refractivity contribution in [2.24, 2.45) is 4.99 Å². The van der Waals surface area contributed by atoms with Crippen LogP contribution in [0.25, 0.3) is 6.08 Å². The number of thiophene rings is 1. The van der Waals surface area contributed by atoms with E-state index < -0.39 is 12.0 Å². The SMILES string of the molecule is CCOC(=O)C1=C(C)N=c2sc(=Cc3cccs3)c(=O)n2[C@H]1c1ccc(OC)c(OC)c1. The Morgan fingerprint density at radius 1 is 1.22 bits per heavy atom. The van der Waals surface area contributed by atoms with Crippen molar-refractivity contribution < 1.29 is 19.0 Å². The zero-order chi connectivity index (χ0) is 22.8. The van der Waals surface area contributed by atoms with Gasteiger partial charge in [-0.15, -0.1) is 11.3 Å². The van der Waals surface area contributed by atoms with Crippen LogP contribution in [0.4, 0.5) is 0 Å². The van der Waals surface area contributed by atoms with E-state index in [0.717, 1.165) is 4.88 Å². The van der Waals surface area contributed by atoms with Gasteiger partial charge in [-0.3, -0.25) is 9.36 Å². The minimum Gasteiger partial charge on any atom is -0.493 e. The highest BCUT2D eigenvalue weighted by atomic mass is 32.1. The van der Waals surface area contributed by atoms with E-state index in [-0.39, 0.29) is 12.2 Å². The van der Waals surface area contributed by atoms with Gasteiger partial charge in [-0.1, -0.05) is 23.5 Å². The fourth-order valence-electron chi connectivity index (χ4n) is 3.63. The number of aromatic nitrogens is 1. The highest BCUT2D eigenvalue weighted by Gasteiger charge is 2.33. The molecule has 0 bridgehead atoms. The molecule has 3 heterocycles. The molecule has 4 rings (SSSR count). The van der Waals surface area contributed by atoms with Crippen LogP contribution in [0.2, 0.25) is 0 Å². The molecule has 0 radical (unpaired) electrons. The Morgan fingerprint density at radius 2 is 2.00 bits per heavy atom. The lowest BCUT2D eigenvalue weighted by Crippen LogP contribution is -2.39. The summed E-state index contributed by atoms with van der Waals surface area (Å²) in [6.07, 6.45) is 1.85. The van der Waals surface area contributed by atoms with E-state index >= 15 is 0 Å². The van der Waals surface area contributed by atoms with E-state index in [1.165, 1.54) is 11.3 Å². The highest BCUT2D eigenvalue weighted by Crippen LogP contribution is 2.36. The molecule has 1 aromatic carbocycles. The summed E-state index contributed by atoms with van der Waals surface area (Å²) in [5.41, 5.74) is 1.33. The van der Waals surface area contributed by atoms with Crippen molar-refractivity contribution in [3.8, 4) is 11.5 Å². The molecular formula is C23H22N2O5S2. The average Bonchev–Trinajstić information content (AvgIpc) is 3.40. The predicted octanol–water partition coefficient (Wildman–Crippen LogP) is 2.88. The first-order valence-electron chi connectivity index (χ1n) is 9.93. The van der Waals surface area contributed by atoms with Crippen LogP contribution in [0.15, 0.2) is 56.8 Å². The topological polar surface area (TPSA) is 79.1 Å². The number of hydrogen-bond acceptors (Lipinski definition) is 8. The summed E-state index contributed by atoms with van der Waals surface area (Å²) in [6.45, 7) is 3.73. The molecule has 1 atom stereocenters. The van der Waals surface area contributed by atoms with Gasteiger partial charge in [-0.25, -0.2) is 9.79 Å². The van der Waals surface area contributed by atoms with Crippen LogP contribution in [-0.2, 0) is 9.53 Å². The number of methoxy groups -OCH3 is 2. The molecule has 32 heavy (non-hydrogen) atoms. The summed E-state index contributed by atoms with van der Waals surface area (Å²) >= 11 is 2.85. The Bertz CT molecular complexity index is 1370. The molecule has 0 spiro atoms. The van der Waals surface area contributed by atoms with E-state index in [9.17, 15) is 9.59 Å². The van der Waals surface area contributed by atoms with E-state index in [4.69, 9.17) is 14.2 Å². The molecule has 0 fully saturated rings. The largest absolute Gasteiger partial charge is 0.493 e.